The molecule has 0 heterocycles. The lowest BCUT2D eigenvalue weighted by molar-refractivity contribution is 0.332. The summed E-state index contributed by atoms with van der Waals surface area (Å²) >= 11 is 0. The van der Waals surface area contributed by atoms with Gasteiger partial charge in [0.1, 0.15) is 0 Å². The van der Waals surface area contributed by atoms with Crippen molar-refractivity contribution in [2.24, 2.45) is 5.92 Å². The van der Waals surface area contributed by atoms with Crippen molar-refractivity contribution < 1.29 is 0 Å². The fraction of sp³-hybridized carbons (Fsp3) is 0.684. The molecule has 0 bridgehead atoms. The Morgan fingerprint density at radius 2 is 1.85 bits per heavy atom. The van der Waals surface area contributed by atoms with E-state index in [0.29, 0.717) is 0 Å². The summed E-state index contributed by atoms with van der Waals surface area (Å²) in [6.07, 6.45) is 9.51. The van der Waals surface area contributed by atoms with Crippen molar-refractivity contribution in [3.8, 4) is 0 Å². The Labute approximate surface area is 125 Å². The quantitative estimate of drug-likeness (QED) is 0.760. The van der Waals surface area contributed by atoms with Crippen LogP contribution in [0.5, 0.6) is 0 Å². The molecule has 20 heavy (non-hydrogen) atoms. The lowest BCUT2D eigenvalue weighted by Crippen LogP contribution is -2.37. The molecule has 1 aliphatic carbocycles. The topological polar surface area (TPSA) is 12.0 Å². The van der Waals surface area contributed by atoms with Crippen molar-refractivity contribution in [2.45, 2.75) is 71.8 Å². The van der Waals surface area contributed by atoms with Gasteiger partial charge in [-0.25, -0.2) is 0 Å². The molecule has 1 heteroatoms. The second-order valence-electron chi connectivity index (χ2n) is 6.58. The summed E-state index contributed by atoms with van der Waals surface area (Å²) in [6, 6.07) is 7.76. The Morgan fingerprint density at radius 3 is 2.60 bits per heavy atom. The Balaban J connectivity index is 2.03. The van der Waals surface area contributed by atoms with Gasteiger partial charge in [-0.2, -0.15) is 0 Å². The minimum Gasteiger partial charge on any atom is -0.314 e. The van der Waals surface area contributed by atoms with E-state index in [-0.39, 0.29) is 0 Å². The number of nitrogens with one attached hydrogen (secondary N) is 1. The first-order chi connectivity index (χ1) is 9.70. The van der Waals surface area contributed by atoms with Gasteiger partial charge in [-0.15, -0.1) is 0 Å². The summed E-state index contributed by atoms with van der Waals surface area (Å²) in [5.74, 6) is 0.825. The van der Waals surface area contributed by atoms with Crippen LogP contribution in [0.4, 0.5) is 0 Å². The van der Waals surface area contributed by atoms with E-state index in [4.69, 9.17) is 0 Å². The lowest BCUT2D eigenvalue weighted by atomic mass is 9.87. The molecule has 1 nitrogen and oxygen atoms in total. The van der Waals surface area contributed by atoms with Gasteiger partial charge in [0.2, 0.25) is 0 Å². The van der Waals surface area contributed by atoms with Gasteiger partial charge < -0.3 is 5.32 Å². The van der Waals surface area contributed by atoms with E-state index in [9.17, 15) is 0 Å². The number of benzene rings is 1. The summed E-state index contributed by atoms with van der Waals surface area (Å²) in [5.41, 5.74) is 4.38. The van der Waals surface area contributed by atoms with E-state index in [2.05, 4.69) is 44.3 Å². The molecule has 0 amide bonds. The van der Waals surface area contributed by atoms with E-state index < -0.39 is 0 Å². The maximum Gasteiger partial charge on any atom is 0.00984 e. The molecule has 2 unspecified atom stereocenters. The third-order valence-electron chi connectivity index (χ3n) is 4.88. The second kappa shape index (κ2) is 7.83. The van der Waals surface area contributed by atoms with Crippen LogP contribution in [0.15, 0.2) is 18.2 Å². The van der Waals surface area contributed by atoms with E-state index in [1.54, 1.807) is 0 Å². The molecular formula is C19H31N. The van der Waals surface area contributed by atoms with E-state index in [1.807, 2.05) is 0 Å². The molecule has 0 spiro atoms. The average Bonchev–Trinajstić information content (AvgIpc) is 2.66. The Bertz CT molecular complexity index is 410. The van der Waals surface area contributed by atoms with Crippen LogP contribution < -0.4 is 5.32 Å². The predicted molar refractivity (Wildman–Crippen MR) is 88.3 cm³/mol. The van der Waals surface area contributed by atoms with Gasteiger partial charge in [0.25, 0.3) is 0 Å². The lowest BCUT2D eigenvalue weighted by Gasteiger charge is -2.26. The van der Waals surface area contributed by atoms with Gasteiger partial charge >= 0.3 is 0 Å². The normalized spacial score (nSPS) is 23.6. The van der Waals surface area contributed by atoms with Crippen molar-refractivity contribution in [1.82, 2.24) is 5.32 Å². The Hall–Kier alpha value is -0.820. The fourth-order valence-electron chi connectivity index (χ4n) is 3.46. The molecule has 2 rings (SSSR count). The van der Waals surface area contributed by atoms with Crippen molar-refractivity contribution >= 4 is 0 Å². The van der Waals surface area contributed by atoms with E-state index in [0.717, 1.165) is 12.0 Å². The average molecular weight is 273 g/mol. The van der Waals surface area contributed by atoms with Crippen LogP contribution in [0.25, 0.3) is 0 Å². The molecular weight excluding hydrogens is 242 g/mol. The third kappa shape index (κ3) is 4.34. The van der Waals surface area contributed by atoms with Gasteiger partial charge in [0.05, 0.1) is 0 Å². The van der Waals surface area contributed by atoms with Gasteiger partial charge in [-0.05, 0) is 68.7 Å². The first-order valence-electron chi connectivity index (χ1n) is 8.50. The zero-order chi connectivity index (χ0) is 14.4. The number of hydrogen-bond acceptors (Lipinski definition) is 1. The predicted octanol–water partition coefficient (Wildman–Crippen LogP) is 4.79. The van der Waals surface area contributed by atoms with E-state index in [1.165, 1.54) is 68.2 Å². The summed E-state index contributed by atoms with van der Waals surface area (Å²) in [4.78, 5) is 0. The number of aryl methyl sites for hydroxylation is 2. The molecule has 0 aromatic heterocycles. The second-order valence-corrected chi connectivity index (χ2v) is 6.58. The Morgan fingerprint density at radius 1 is 1.05 bits per heavy atom. The smallest absolute Gasteiger partial charge is 0.00984 e. The highest BCUT2D eigenvalue weighted by atomic mass is 14.9. The molecule has 1 N–H and O–H groups in total. The highest BCUT2D eigenvalue weighted by Crippen LogP contribution is 2.27. The van der Waals surface area contributed by atoms with Gasteiger partial charge in [-0.3, -0.25) is 0 Å². The van der Waals surface area contributed by atoms with E-state index >= 15 is 0 Å². The molecule has 0 aliphatic heterocycles. The highest BCUT2D eigenvalue weighted by Gasteiger charge is 2.23. The van der Waals surface area contributed by atoms with Gasteiger partial charge in [-0.1, -0.05) is 44.4 Å². The molecule has 112 valence electrons. The summed E-state index contributed by atoms with van der Waals surface area (Å²) in [5, 5.41) is 3.81. The number of rotatable bonds is 5. The SMILES string of the molecule is CCCNC1CCCCCC1Cc1ccc(C)c(C)c1. The van der Waals surface area contributed by atoms with Crippen molar-refractivity contribution in [1.29, 1.82) is 0 Å². The summed E-state index contributed by atoms with van der Waals surface area (Å²) in [7, 11) is 0. The maximum absolute atomic E-state index is 3.81. The fourth-order valence-corrected chi connectivity index (χ4v) is 3.46. The molecule has 1 saturated carbocycles. The third-order valence-corrected chi connectivity index (χ3v) is 4.88. The minimum absolute atomic E-state index is 0.735. The van der Waals surface area contributed by atoms with Gasteiger partial charge in [0.15, 0.2) is 0 Å². The molecule has 1 aromatic carbocycles. The summed E-state index contributed by atoms with van der Waals surface area (Å²) < 4.78 is 0. The molecule has 2 atom stereocenters. The largest absolute Gasteiger partial charge is 0.314 e. The van der Waals surface area contributed by atoms with Crippen molar-refractivity contribution in [3.63, 3.8) is 0 Å². The van der Waals surface area contributed by atoms with Crippen LogP contribution in [0, 0.1) is 19.8 Å². The highest BCUT2D eigenvalue weighted by molar-refractivity contribution is 5.30. The molecule has 1 aliphatic rings. The first kappa shape index (κ1) is 15.6. The molecule has 0 saturated heterocycles. The van der Waals surface area contributed by atoms with Gasteiger partial charge in [0, 0.05) is 6.04 Å². The monoisotopic (exact) mass is 273 g/mol. The zero-order valence-electron chi connectivity index (χ0n) is 13.5. The molecule has 1 fully saturated rings. The zero-order valence-corrected chi connectivity index (χ0v) is 13.5. The molecule has 0 radical (unpaired) electrons. The van der Waals surface area contributed by atoms with Crippen LogP contribution >= 0.6 is 0 Å². The van der Waals surface area contributed by atoms with Crippen LogP contribution in [0.3, 0.4) is 0 Å². The van der Waals surface area contributed by atoms with Crippen LogP contribution in [-0.2, 0) is 6.42 Å². The van der Waals surface area contributed by atoms with Crippen molar-refractivity contribution in [2.75, 3.05) is 6.54 Å². The van der Waals surface area contributed by atoms with Crippen LogP contribution in [-0.4, -0.2) is 12.6 Å². The Kier molecular flexibility index (Phi) is 6.09. The first-order valence-corrected chi connectivity index (χ1v) is 8.50. The van der Waals surface area contributed by atoms with Crippen molar-refractivity contribution in [3.05, 3.63) is 34.9 Å². The van der Waals surface area contributed by atoms with Crippen LogP contribution in [0.1, 0.15) is 62.1 Å². The standard InChI is InChI=1S/C19H31N/c1-4-12-20-19-9-7-5-6-8-18(19)14-17-11-10-15(2)16(3)13-17/h10-11,13,18-20H,4-9,12,14H2,1-3H3. The number of hydrogen-bond donors (Lipinski definition) is 1. The summed E-state index contributed by atoms with van der Waals surface area (Å²) in [6.45, 7) is 7.88. The van der Waals surface area contributed by atoms with Crippen LogP contribution in [0.2, 0.25) is 0 Å². The maximum atomic E-state index is 3.81. The molecule has 1 aromatic rings. The minimum atomic E-state index is 0.735.